The molecule has 0 fully saturated rings. The maximum atomic E-state index is 5.62. The summed E-state index contributed by atoms with van der Waals surface area (Å²) in [7, 11) is 0. The minimum absolute atomic E-state index is 0.680. The van der Waals surface area contributed by atoms with Crippen molar-refractivity contribution < 1.29 is 0 Å². The van der Waals surface area contributed by atoms with Crippen LogP contribution in [0.5, 0.6) is 0 Å². The highest BCUT2D eigenvalue weighted by Gasteiger charge is 1.95. The number of aliphatic imine (C=N–C) groups is 1. The molecule has 12 heavy (non-hydrogen) atoms. The van der Waals surface area contributed by atoms with Crippen molar-refractivity contribution in [1.82, 2.24) is 0 Å². The summed E-state index contributed by atoms with van der Waals surface area (Å²) in [4.78, 5) is 4.26. The third-order valence-corrected chi connectivity index (χ3v) is 2.39. The number of halogens is 1. The van der Waals surface area contributed by atoms with Gasteiger partial charge in [0.2, 0.25) is 0 Å². The van der Waals surface area contributed by atoms with E-state index >= 15 is 0 Å². The van der Waals surface area contributed by atoms with Crippen LogP contribution < -0.4 is 5.73 Å². The Bertz CT molecular complexity index is 294. The summed E-state index contributed by atoms with van der Waals surface area (Å²) in [5.41, 5.74) is 6.58. The molecule has 0 atom stereocenters. The molecule has 0 spiro atoms. The Morgan fingerprint density at radius 1 is 1.50 bits per heavy atom. The molecule has 64 valence electrons. The number of amidine groups is 1. The van der Waals surface area contributed by atoms with Crippen molar-refractivity contribution in [2.45, 2.75) is 13.3 Å². The first-order valence-electron chi connectivity index (χ1n) is 3.81. The molecule has 0 aliphatic rings. The zero-order valence-electron chi connectivity index (χ0n) is 6.92. The molecule has 0 aliphatic heterocycles. The van der Waals surface area contributed by atoms with Crippen LogP contribution in [0, 0.1) is 3.57 Å². The standard InChI is InChI=1S/C9H11IN2/c1-2-9(11)12-8-6-4-3-5-7(8)10/h3-6H,2H2,1H3,(H2,11,12). The monoisotopic (exact) mass is 274 g/mol. The molecule has 3 heteroatoms. The van der Waals surface area contributed by atoms with E-state index in [0.717, 1.165) is 15.7 Å². The van der Waals surface area contributed by atoms with E-state index in [1.165, 1.54) is 0 Å². The first kappa shape index (κ1) is 9.51. The van der Waals surface area contributed by atoms with Crippen molar-refractivity contribution in [1.29, 1.82) is 0 Å². The number of benzene rings is 1. The van der Waals surface area contributed by atoms with Gasteiger partial charge in [0.05, 0.1) is 11.5 Å². The van der Waals surface area contributed by atoms with Gasteiger partial charge in [0.25, 0.3) is 0 Å². The minimum atomic E-state index is 0.680. The van der Waals surface area contributed by atoms with Crippen LogP contribution >= 0.6 is 22.6 Å². The minimum Gasteiger partial charge on any atom is -0.387 e. The second-order valence-electron chi connectivity index (χ2n) is 2.41. The summed E-state index contributed by atoms with van der Waals surface area (Å²) in [6.45, 7) is 1.99. The smallest absolute Gasteiger partial charge is 0.0994 e. The number of rotatable bonds is 2. The molecule has 1 aromatic carbocycles. The average Bonchev–Trinajstić information content (AvgIpc) is 2.09. The fraction of sp³-hybridized carbons (Fsp3) is 0.222. The summed E-state index contributed by atoms with van der Waals surface area (Å²) in [5, 5.41) is 0. The lowest BCUT2D eigenvalue weighted by Crippen LogP contribution is -2.08. The topological polar surface area (TPSA) is 38.4 Å². The SMILES string of the molecule is CCC(N)=Nc1ccccc1I. The third kappa shape index (κ3) is 2.48. The van der Waals surface area contributed by atoms with Crippen molar-refractivity contribution in [3.63, 3.8) is 0 Å². The molecule has 1 rings (SSSR count). The predicted octanol–water partition coefficient (Wildman–Crippen LogP) is 2.69. The molecule has 2 nitrogen and oxygen atoms in total. The van der Waals surface area contributed by atoms with Gasteiger partial charge >= 0.3 is 0 Å². The summed E-state index contributed by atoms with van der Waals surface area (Å²) < 4.78 is 1.13. The van der Waals surface area contributed by atoms with Crippen LogP contribution in [0.2, 0.25) is 0 Å². The Hall–Kier alpha value is -0.580. The second-order valence-corrected chi connectivity index (χ2v) is 3.57. The van der Waals surface area contributed by atoms with Gasteiger partial charge < -0.3 is 5.73 Å². The predicted molar refractivity (Wildman–Crippen MR) is 60.7 cm³/mol. The average molecular weight is 274 g/mol. The summed E-state index contributed by atoms with van der Waals surface area (Å²) in [5.74, 6) is 0.680. The largest absolute Gasteiger partial charge is 0.387 e. The van der Waals surface area contributed by atoms with Gasteiger partial charge in [0.15, 0.2) is 0 Å². The highest BCUT2D eigenvalue weighted by molar-refractivity contribution is 14.1. The van der Waals surface area contributed by atoms with Gasteiger partial charge in [-0.3, -0.25) is 0 Å². The van der Waals surface area contributed by atoms with Gasteiger partial charge in [0, 0.05) is 9.99 Å². The van der Waals surface area contributed by atoms with Gasteiger partial charge in [-0.25, -0.2) is 4.99 Å². The number of nitrogens with two attached hydrogens (primary N) is 1. The Balaban J connectivity index is 2.96. The fourth-order valence-electron chi connectivity index (χ4n) is 0.776. The summed E-state index contributed by atoms with van der Waals surface area (Å²) >= 11 is 2.25. The number of hydrogen-bond acceptors (Lipinski definition) is 1. The molecule has 2 N–H and O–H groups in total. The molecule has 0 saturated heterocycles. The van der Waals surface area contributed by atoms with Crippen LogP contribution in [-0.2, 0) is 0 Å². The second kappa shape index (κ2) is 4.45. The molecule has 0 amide bonds. The molecule has 0 unspecified atom stereocenters. The van der Waals surface area contributed by atoms with Crippen LogP contribution in [-0.4, -0.2) is 5.84 Å². The molecular weight excluding hydrogens is 263 g/mol. The number of nitrogens with zero attached hydrogens (tertiary/aromatic N) is 1. The van der Waals surface area contributed by atoms with E-state index < -0.39 is 0 Å². The van der Waals surface area contributed by atoms with Crippen molar-refractivity contribution in [2.75, 3.05) is 0 Å². The summed E-state index contributed by atoms with van der Waals surface area (Å²) in [6, 6.07) is 7.93. The number of para-hydroxylation sites is 1. The van der Waals surface area contributed by atoms with E-state index in [1.807, 2.05) is 31.2 Å². The Kier molecular flexibility index (Phi) is 3.52. The van der Waals surface area contributed by atoms with Crippen LogP contribution in [0.25, 0.3) is 0 Å². The Morgan fingerprint density at radius 3 is 2.75 bits per heavy atom. The third-order valence-electron chi connectivity index (χ3n) is 1.48. The van der Waals surface area contributed by atoms with E-state index in [2.05, 4.69) is 27.6 Å². The van der Waals surface area contributed by atoms with E-state index in [1.54, 1.807) is 0 Å². The zero-order chi connectivity index (χ0) is 8.97. The van der Waals surface area contributed by atoms with E-state index in [4.69, 9.17) is 5.73 Å². The van der Waals surface area contributed by atoms with Gasteiger partial charge in [-0.1, -0.05) is 19.1 Å². The Labute approximate surface area is 86.0 Å². The first-order valence-corrected chi connectivity index (χ1v) is 4.89. The molecular formula is C9H11IN2. The number of hydrogen-bond donors (Lipinski definition) is 1. The van der Waals surface area contributed by atoms with Gasteiger partial charge in [0.1, 0.15) is 0 Å². The molecule has 0 radical (unpaired) electrons. The molecule has 0 aromatic heterocycles. The van der Waals surface area contributed by atoms with E-state index in [-0.39, 0.29) is 0 Å². The molecule has 0 bridgehead atoms. The molecule has 0 saturated carbocycles. The Morgan fingerprint density at radius 2 is 2.17 bits per heavy atom. The highest BCUT2D eigenvalue weighted by atomic mass is 127. The van der Waals surface area contributed by atoms with Crippen molar-refractivity contribution in [2.24, 2.45) is 10.7 Å². The van der Waals surface area contributed by atoms with Crippen molar-refractivity contribution >= 4 is 34.1 Å². The van der Waals surface area contributed by atoms with Gasteiger partial charge in [-0.2, -0.15) is 0 Å². The van der Waals surface area contributed by atoms with Gasteiger partial charge in [-0.05, 0) is 34.7 Å². The first-order chi connectivity index (χ1) is 5.74. The van der Waals surface area contributed by atoms with Crippen molar-refractivity contribution in [3.8, 4) is 0 Å². The highest BCUT2D eigenvalue weighted by Crippen LogP contribution is 2.20. The molecule has 1 aromatic rings. The van der Waals surface area contributed by atoms with E-state index in [0.29, 0.717) is 5.84 Å². The maximum absolute atomic E-state index is 5.62. The lowest BCUT2D eigenvalue weighted by Gasteiger charge is -1.98. The zero-order valence-corrected chi connectivity index (χ0v) is 9.08. The van der Waals surface area contributed by atoms with Crippen LogP contribution in [0.3, 0.4) is 0 Å². The van der Waals surface area contributed by atoms with Gasteiger partial charge in [-0.15, -0.1) is 0 Å². The quantitative estimate of drug-likeness (QED) is 0.502. The maximum Gasteiger partial charge on any atom is 0.0994 e. The van der Waals surface area contributed by atoms with Crippen LogP contribution in [0.1, 0.15) is 13.3 Å². The normalized spacial score (nSPS) is 11.7. The fourth-order valence-corrected chi connectivity index (χ4v) is 1.28. The van der Waals surface area contributed by atoms with Crippen molar-refractivity contribution in [3.05, 3.63) is 27.8 Å². The lowest BCUT2D eigenvalue weighted by atomic mass is 10.3. The summed E-state index contributed by atoms with van der Waals surface area (Å²) in [6.07, 6.45) is 0.797. The van der Waals surface area contributed by atoms with Crippen LogP contribution in [0.4, 0.5) is 5.69 Å². The lowest BCUT2D eigenvalue weighted by molar-refractivity contribution is 1.23. The molecule has 0 aliphatic carbocycles. The van der Waals surface area contributed by atoms with E-state index in [9.17, 15) is 0 Å². The molecule has 0 heterocycles. The van der Waals surface area contributed by atoms with Crippen LogP contribution in [0.15, 0.2) is 29.3 Å².